The van der Waals surface area contributed by atoms with Crippen LogP contribution in [-0.2, 0) is 10.0 Å². The molecule has 0 saturated heterocycles. The Morgan fingerprint density at radius 3 is 2.47 bits per heavy atom. The summed E-state index contributed by atoms with van der Waals surface area (Å²) in [5.74, 6) is -0.545. The molecule has 8 nitrogen and oxygen atoms in total. The van der Waals surface area contributed by atoms with Crippen molar-refractivity contribution in [3.05, 3.63) is 33.9 Å². The number of benzene rings is 1. The summed E-state index contributed by atoms with van der Waals surface area (Å²) in [6.07, 6.45) is 1.70. The number of amides is 1. The van der Waals surface area contributed by atoms with Gasteiger partial charge in [-0.1, -0.05) is 0 Å². The zero-order valence-corrected chi connectivity index (χ0v) is 10.5. The number of non-ortho nitro benzene ring substituents is 1. The van der Waals surface area contributed by atoms with E-state index in [1.807, 2.05) is 0 Å². The second kappa shape index (κ2) is 4.59. The number of nitrogens with zero attached hydrogens (tertiary/aromatic N) is 1. The monoisotopic (exact) mass is 285 g/mol. The van der Waals surface area contributed by atoms with Crippen LogP contribution >= 0.6 is 0 Å². The summed E-state index contributed by atoms with van der Waals surface area (Å²) >= 11 is 0. The van der Waals surface area contributed by atoms with Crippen molar-refractivity contribution in [1.82, 2.24) is 5.32 Å². The van der Waals surface area contributed by atoms with Gasteiger partial charge in [0.25, 0.3) is 11.6 Å². The maximum atomic E-state index is 11.8. The van der Waals surface area contributed by atoms with Gasteiger partial charge in [-0.25, -0.2) is 13.6 Å². The van der Waals surface area contributed by atoms with E-state index < -0.39 is 31.4 Å². The van der Waals surface area contributed by atoms with Crippen LogP contribution in [0.15, 0.2) is 23.1 Å². The molecule has 0 aromatic heterocycles. The topological polar surface area (TPSA) is 132 Å². The highest BCUT2D eigenvalue weighted by Crippen LogP contribution is 2.22. The minimum absolute atomic E-state index is 0.0599. The molecule has 0 heterocycles. The van der Waals surface area contributed by atoms with Crippen molar-refractivity contribution in [2.75, 3.05) is 0 Å². The fraction of sp³-hybridized carbons (Fsp3) is 0.300. The molecular weight excluding hydrogens is 274 g/mol. The fourth-order valence-corrected chi connectivity index (χ4v) is 2.06. The SMILES string of the molecule is NS(=O)(=O)c1cc(C(=O)NC2CC2)cc([N+](=O)[O-])c1. The maximum absolute atomic E-state index is 11.8. The van der Waals surface area contributed by atoms with E-state index in [0.717, 1.165) is 31.0 Å². The molecule has 1 amide bonds. The van der Waals surface area contributed by atoms with E-state index in [0.29, 0.717) is 0 Å². The average Bonchev–Trinajstić information content (AvgIpc) is 3.11. The minimum Gasteiger partial charge on any atom is -0.349 e. The van der Waals surface area contributed by atoms with Crippen LogP contribution in [0.25, 0.3) is 0 Å². The van der Waals surface area contributed by atoms with Gasteiger partial charge in [0.05, 0.1) is 9.82 Å². The van der Waals surface area contributed by atoms with Gasteiger partial charge >= 0.3 is 0 Å². The van der Waals surface area contributed by atoms with E-state index in [1.165, 1.54) is 0 Å². The Kier molecular flexibility index (Phi) is 3.25. The number of carbonyl (C=O) groups is 1. The highest BCUT2D eigenvalue weighted by Gasteiger charge is 2.25. The largest absolute Gasteiger partial charge is 0.349 e. The van der Waals surface area contributed by atoms with Crippen molar-refractivity contribution in [3.8, 4) is 0 Å². The summed E-state index contributed by atoms with van der Waals surface area (Å²) in [6, 6.07) is 2.93. The van der Waals surface area contributed by atoms with Crippen LogP contribution in [0.3, 0.4) is 0 Å². The van der Waals surface area contributed by atoms with Crippen LogP contribution in [0.5, 0.6) is 0 Å². The summed E-state index contributed by atoms with van der Waals surface area (Å²) in [6.45, 7) is 0. The molecule has 1 aliphatic carbocycles. The Morgan fingerprint density at radius 2 is 2.00 bits per heavy atom. The quantitative estimate of drug-likeness (QED) is 0.599. The molecule has 19 heavy (non-hydrogen) atoms. The third-order valence-corrected chi connectivity index (χ3v) is 3.50. The second-order valence-corrected chi connectivity index (χ2v) is 5.83. The Balaban J connectivity index is 2.44. The highest BCUT2D eigenvalue weighted by molar-refractivity contribution is 7.89. The first kappa shape index (κ1) is 13.4. The second-order valence-electron chi connectivity index (χ2n) is 4.27. The van der Waals surface area contributed by atoms with Gasteiger partial charge in [0.15, 0.2) is 0 Å². The lowest BCUT2D eigenvalue weighted by atomic mass is 10.2. The molecule has 2 rings (SSSR count). The number of carbonyl (C=O) groups excluding carboxylic acids is 1. The Morgan fingerprint density at radius 1 is 1.37 bits per heavy atom. The van der Waals surface area contributed by atoms with Crippen molar-refractivity contribution < 1.29 is 18.1 Å². The Labute approximate surface area is 108 Å². The molecule has 0 atom stereocenters. The fourth-order valence-electron chi connectivity index (χ4n) is 1.48. The number of sulfonamides is 1. The van der Waals surface area contributed by atoms with Crippen molar-refractivity contribution in [2.24, 2.45) is 5.14 Å². The third kappa shape index (κ3) is 3.26. The minimum atomic E-state index is -4.11. The standard InChI is InChI=1S/C10H11N3O5S/c11-19(17,18)9-4-6(3-8(5-9)13(15)16)10(14)12-7-1-2-7/h3-5,7H,1-2H2,(H,12,14)(H2,11,17,18). The Bertz CT molecular complexity index is 651. The van der Waals surface area contributed by atoms with E-state index in [-0.39, 0.29) is 11.6 Å². The molecule has 1 aromatic rings. The first-order chi connectivity index (χ1) is 8.77. The molecule has 0 radical (unpaired) electrons. The van der Waals surface area contributed by atoms with E-state index in [2.05, 4.69) is 5.32 Å². The molecule has 1 aromatic carbocycles. The summed E-state index contributed by atoms with van der Waals surface area (Å²) in [5.41, 5.74) is -0.586. The van der Waals surface area contributed by atoms with E-state index >= 15 is 0 Å². The summed E-state index contributed by atoms with van der Waals surface area (Å²) in [5, 5.41) is 18.3. The van der Waals surface area contributed by atoms with Gasteiger partial charge in [-0.2, -0.15) is 0 Å². The number of nitro groups is 1. The summed E-state index contributed by atoms with van der Waals surface area (Å²) in [7, 11) is -4.11. The molecule has 1 fully saturated rings. The zero-order chi connectivity index (χ0) is 14.2. The summed E-state index contributed by atoms with van der Waals surface area (Å²) < 4.78 is 22.5. The van der Waals surface area contributed by atoms with Crippen molar-refractivity contribution in [1.29, 1.82) is 0 Å². The molecule has 0 aliphatic heterocycles. The molecular formula is C10H11N3O5S. The highest BCUT2D eigenvalue weighted by atomic mass is 32.2. The lowest BCUT2D eigenvalue weighted by Crippen LogP contribution is -2.26. The molecule has 0 unspecified atom stereocenters. The predicted octanol–water partition coefficient (Wildman–Crippen LogP) is 0.134. The molecule has 1 aliphatic rings. The molecule has 9 heteroatoms. The number of rotatable bonds is 4. The van der Waals surface area contributed by atoms with E-state index in [4.69, 9.17) is 5.14 Å². The van der Waals surface area contributed by atoms with Gasteiger partial charge in [0.1, 0.15) is 0 Å². The lowest BCUT2D eigenvalue weighted by Gasteiger charge is -2.05. The predicted molar refractivity (Wildman–Crippen MR) is 65.0 cm³/mol. The average molecular weight is 285 g/mol. The van der Waals surface area contributed by atoms with Crippen molar-refractivity contribution in [2.45, 2.75) is 23.8 Å². The van der Waals surface area contributed by atoms with E-state index in [9.17, 15) is 23.3 Å². The van der Waals surface area contributed by atoms with Crippen LogP contribution < -0.4 is 10.5 Å². The van der Waals surface area contributed by atoms with Crippen LogP contribution in [0.4, 0.5) is 5.69 Å². The number of hydrogen-bond acceptors (Lipinski definition) is 5. The van der Waals surface area contributed by atoms with Crippen molar-refractivity contribution in [3.63, 3.8) is 0 Å². The molecule has 0 bridgehead atoms. The van der Waals surface area contributed by atoms with Crippen LogP contribution in [-0.4, -0.2) is 25.3 Å². The number of nitrogens with one attached hydrogen (secondary N) is 1. The number of primary sulfonamides is 1. The first-order valence-electron chi connectivity index (χ1n) is 5.40. The van der Waals surface area contributed by atoms with Gasteiger partial charge in [0.2, 0.25) is 10.0 Å². The van der Waals surface area contributed by atoms with Crippen LogP contribution in [0.1, 0.15) is 23.2 Å². The number of hydrogen-bond donors (Lipinski definition) is 2. The van der Waals surface area contributed by atoms with Crippen LogP contribution in [0, 0.1) is 10.1 Å². The molecule has 102 valence electrons. The molecule has 3 N–H and O–H groups in total. The molecule has 0 spiro atoms. The number of nitrogens with two attached hydrogens (primary N) is 1. The van der Waals surface area contributed by atoms with E-state index in [1.54, 1.807) is 0 Å². The molecule has 1 saturated carbocycles. The van der Waals surface area contributed by atoms with Gasteiger partial charge < -0.3 is 5.32 Å². The van der Waals surface area contributed by atoms with Gasteiger partial charge in [-0.3, -0.25) is 14.9 Å². The lowest BCUT2D eigenvalue weighted by molar-refractivity contribution is -0.385. The van der Waals surface area contributed by atoms with Gasteiger partial charge in [-0.05, 0) is 18.9 Å². The number of nitro benzene ring substituents is 1. The third-order valence-electron chi connectivity index (χ3n) is 2.61. The maximum Gasteiger partial charge on any atom is 0.271 e. The van der Waals surface area contributed by atoms with Crippen molar-refractivity contribution >= 4 is 21.6 Å². The first-order valence-corrected chi connectivity index (χ1v) is 6.95. The van der Waals surface area contributed by atoms with Gasteiger partial charge in [-0.15, -0.1) is 0 Å². The normalized spacial score (nSPS) is 15.0. The van der Waals surface area contributed by atoms with Gasteiger partial charge in [0, 0.05) is 23.7 Å². The Hall–Kier alpha value is -2.00. The van der Waals surface area contributed by atoms with Crippen LogP contribution in [0.2, 0.25) is 0 Å². The smallest absolute Gasteiger partial charge is 0.271 e. The zero-order valence-electron chi connectivity index (χ0n) is 9.70. The summed E-state index contributed by atoms with van der Waals surface area (Å²) in [4.78, 5) is 21.3.